The second-order valence-corrected chi connectivity index (χ2v) is 7.09. The number of nitrogens with one attached hydrogen (secondary N) is 1. The van der Waals surface area contributed by atoms with E-state index in [9.17, 15) is 9.59 Å². The first-order valence-electron chi connectivity index (χ1n) is 6.71. The number of ether oxygens (including phenoxy) is 1. The maximum Gasteiger partial charge on any atom is 0.349 e. The third-order valence-corrected chi connectivity index (χ3v) is 5.40. The number of carbonyl (C=O) groups excluding carboxylic acids is 1. The van der Waals surface area contributed by atoms with E-state index >= 15 is 0 Å². The molecule has 114 valence electrons. The highest BCUT2D eigenvalue weighted by Gasteiger charge is 2.19. The van der Waals surface area contributed by atoms with Crippen LogP contribution >= 0.6 is 22.7 Å². The standard InChI is InChI=1S/C15H14N2O3S2/c1-7-9(3)22-14-11(7)13(18)16-12(17-14)8(2)20-15(19)10-5-4-6-21-10/h4-6,8H,1-3H3,(H,16,17,18). The molecule has 3 aromatic rings. The van der Waals surface area contributed by atoms with Crippen LogP contribution < -0.4 is 5.56 Å². The number of hydrogen-bond donors (Lipinski definition) is 1. The Balaban J connectivity index is 1.93. The fourth-order valence-electron chi connectivity index (χ4n) is 2.13. The number of aryl methyl sites for hydroxylation is 2. The number of fused-ring (bicyclic) bond motifs is 1. The van der Waals surface area contributed by atoms with E-state index in [1.165, 1.54) is 22.7 Å². The Morgan fingerprint density at radius 2 is 2.18 bits per heavy atom. The van der Waals surface area contributed by atoms with Crippen molar-refractivity contribution in [3.63, 3.8) is 0 Å². The molecular weight excluding hydrogens is 320 g/mol. The summed E-state index contributed by atoms with van der Waals surface area (Å²) in [7, 11) is 0. The van der Waals surface area contributed by atoms with Gasteiger partial charge in [0, 0.05) is 4.88 Å². The summed E-state index contributed by atoms with van der Waals surface area (Å²) in [5, 5.41) is 2.42. The molecule has 0 spiro atoms. The molecule has 22 heavy (non-hydrogen) atoms. The lowest BCUT2D eigenvalue weighted by Crippen LogP contribution is -2.16. The van der Waals surface area contributed by atoms with Crippen LogP contribution in [0.2, 0.25) is 0 Å². The quantitative estimate of drug-likeness (QED) is 0.743. The molecule has 7 heteroatoms. The van der Waals surface area contributed by atoms with Gasteiger partial charge in [0.05, 0.1) is 5.39 Å². The lowest BCUT2D eigenvalue weighted by Gasteiger charge is -2.11. The number of carbonyl (C=O) groups is 1. The number of thiophene rings is 2. The zero-order valence-electron chi connectivity index (χ0n) is 12.3. The first kappa shape index (κ1) is 14.9. The normalized spacial score (nSPS) is 12.5. The Hall–Kier alpha value is -1.99. The first-order chi connectivity index (χ1) is 10.5. The Bertz CT molecular complexity index is 894. The number of aromatic nitrogens is 2. The highest BCUT2D eigenvalue weighted by molar-refractivity contribution is 7.18. The third-order valence-electron chi connectivity index (χ3n) is 3.45. The summed E-state index contributed by atoms with van der Waals surface area (Å²) in [6.45, 7) is 5.56. The van der Waals surface area contributed by atoms with Gasteiger partial charge in [-0.3, -0.25) is 4.79 Å². The molecule has 3 heterocycles. The van der Waals surface area contributed by atoms with Crippen molar-refractivity contribution in [1.82, 2.24) is 9.97 Å². The van der Waals surface area contributed by atoms with Crippen LogP contribution in [-0.2, 0) is 4.74 Å². The summed E-state index contributed by atoms with van der Waals surface area (Å²) < 4.78 is 5.37. The van der Waals surface area contributed by atoms with Gasteiger partial charge in [0.25, 0.3) is 5.56 Å². The molecule has 0 amide bonds. The Morgan fingerprint density at radius 3 is 2.86 bits per heavy atom. The number of aromatic amines is 1. The van der Waals surface area contributed by atoms with Gasteiger partial charge in [-0.05, 0) is 37.8 Å². The fourth-order valence-corrected chi connectivity index (χ4v) is 3.78. The molecule has 3 aromatic heterocycles. The number of H-pyrrole nitrogens is 1. The first-order valence-corrected chi connectivity index (χ1v) is 8.41. The minimum atomic E-state index is -0.616. The van der Waals surface area contributed by atoms with Crippen LogP contribution in [0.25, 0.3) is 10.2 Å². The molecule has 0 radical (unpaired) electrons. The van der Waals surface area contributed by atoms with E-state index in [2.05, 4.69) is 9.97 Å². The number of hydrogen-bond acceptors (Lipinski definition) is 6. The molecule has 0 aliphatic rings. The van der Waals surface area contributed by atoms with E-state index in [-0.39, 0.29) is 5.56 Å². The molecule has 0 aliphatic heterocycles. The van der Waals surface area contributed by atoms with E-state index in [1.54, 1.807) is 19.1 Å². The summed E-state index contributed by atoms with van der Waals surface area (Å²) in [4.78, 5) is 33.6. The van der Waals surface area contributed by atoms with Crippen molar-refractivity contribution in [3.8, 4) is 0 Å². The topological polar surface area (TPSA) is 72.0 Å². The Labute approximate surface area is 134 Å². The zero-order chi connectivity index (χ0) is 15.9. The van der Waals surface area contributed by atoms with Gasteiger partial charge in [-0.15, -0.1) is 22.7 Å². The van der Waals surface area contributed by atoms with E-state index in [0.717, 1.165) is 10.4 Å². The predicted octanol–water partition coefficient (Wildman–Crippen LogP) is 3.58. The van der Waals surface area contributed by atoms with E-state index in [4.69, 9.17) is 4.74 Å². The molecule has 0 fully saturated rings. The molecule has 1 N–H and O–H groups in total. The van der Waals surface area contributed by atoms with Crippen molar-refractivity contribution in [1.29, 1.82) is 0 Å². The van der Waals surface area contributed by atoms with Crippen LogP contribution in [0, 0.1) is 13.8 Å². The molecule has 0 aliphatic carbocycles. The van der Waals surface area contributed by atoms with Crippen LogP contribution in [0.3, 0.4) is 0 Å². The van der Waals surface area contributed by atoms with Gasteiger partial charge in [-0.2, -0.15) is 0 Å². The SMILES string of the molecule is Cc1sc2nc(C(C)OC(=O)c3cccs3)[nH]c(=O)c2c1C. The second kappa shape index (κ2) is 5.66. The number of rotatable bonds is 3. The molecule has 3 rings (SSSR count). The molecule has 1 atom stereocenters. The molecule has 0 saturated heterocycles. The maximum absolute atomic E-state index is 12.2. The van der Waals surface area contributed by atoms with Crippen molar-refractivity contribution in [2.45, 2.75) is 26.9 Å². The van der Waals surface area contributed by atoms with Crippen LogP contribution in [0.15, 0.2) is 22.3 Å². The minimum absolute atomic E-state index is 0.194. The largest absolute Gasteiger partial charge is 0.450 e. The van der Waals surface area contributed by atoms with Crippen molar-refractivity contribution < 1.29 is 9.53 Å². The number of nitrogens with zero attached hydrogens (tertiary/aromatic N) is 1. The van der Waals surface area contributed by atoms with E-state index in [0.29, 0.717) is 20.9 Å². The van der Waals surface area contributed by atoms with Crippen LogP contribution in [0.5, 0.6) is 0 Å². The molecule has 0 saturated carbocycles. The average molecular weight is 334 g/mol. The minimum Gasteiger partial charge on any atom is -0.450 e. The van der Waals surface area contributed by atoms with Crippen molar-refractivity contribution in [3.05, 3.63) is 49.0 Å². The summed E-state index contributed by atoms with van der Waals surface area (Å²) in [6, 6.07) is 3.49. The lowest BCUT2D eigenvalue weighted by atomic mass is 10.2. The monoisotopic (exact) mass is 334 g/mol. The van der Waals surface area contributed by atoms with E-state index < -0.39 is 12.1 Å². The maximum atomic E-state index is 12.2. The van der Waals surface area contributed by atoms with E-state index in [1.807, 2.05) is 19.2 Å². The second-order valence-electron chi connectivity index (χ2n) is 4.94. The molecular formula is C15H14N2O3S2. The van der Waals surface area contributed by atoms with Gasteiger partial charge in [-0.25, -0.2) is 9.78 Å². The summed E-state index contributed by atoms with van der Waals surface area (Å²) in [5.74, 6) is -0.0487. The van der Waals surface area contributed by atoms with Gasteiger partial charge in [0.2, 0.25) is 0 Å². The van der Waals surface area contributed by atoms with Crippen LogP contribution in [-0.4, -0.2) is 15.9 Å². The van der Waals surface area contributed by atoms with Gasteiger partial charge < -0.3 is 9.72 Å². The molecule has 5 nitrogen and oxygen atoms in total. The van der Waals surface area contributed by atoms with Crippen molar-refractivity contribution in [2.24, 2.45) is 0 Å². The molecule has 0 aromatic carbocycles. The third kappa shape index (κ3) is 2.57. The Kier molecular flexibility index (Phi) is 3.84. The predicted molar refractivity (Wildman–Crippen MR) is 87.9 cm³/mol. The van der Waals surface area contributed by atoms with Gasteiger partial charge in [-0.1, -0.05) is 6.07 Å². The Morgan fingerprint density at radius 1 is 1.41 bits per heavy atom. The summed E-state index contributed by atoms with van der Waals surface area (Å²) in [6.07, 6.45) is -0.616. The summed E-state index contributed by atoms with van der Waals surface area (Å²) >= 11 is 2.79. The van der Waals surface area contributed by atoms with Crippen LogP contribution in [0.4, 0.5) is 0 Å². The average Bonchev–Trinajstić information content (AvgIpc) is 3.08. The molecule has 1 unspecified atom stereocenters. The molecule has 0 bridgehead atoms. The fraction of sp³-hybridized carbons (Fsp3) is 0.267. The van der Waals surface area contributed by atoms with Crippen LogP contribution in [0.1, 0.15) is 39.0 Å². The van der Waals surface area contributed by atoms with Gasteiger partial charge in [0.15, 0.2) is 11.9 Å². The number of esters is 1. The van der Waals surface area contributed by atoms with Gasteiger partial charge in [0.1, 0.15) is 9.71 Å². The van der Waals surface area contributed by atoms with Crippen molar-refractivity contribution in [2.75, 3.05) is 0 Å². The lowest BCUT2D eigenvalue weighted by molar-refractivity contribution is 0.0326. The smallest absolute Gasteiger partial charge is 0.349 e. The van der Waals surface area contributed by atoms with Crippen molar-refractivity contribution >= 4 is 38.9 Å². The highest BCUT2D eigenvalue weighted by Crippen LogP contribution is 2.27. The summed E-state index contributed by atoms with van der Waals surface area (Å²) in [5.41, 5.74) is 0.754. The highest BCUT2D eigenvalue weighted by atomic mass is 32.1. The van der Waals surface area contributed by atoms with Gasteiger partial charge >= 0.3 is 5.97 Å². The zero-order valence-corrected chi connectivity index (χ0v) is 13.9.